The number of amides is 1. The minimum absolute atomic E-state index is 0.0612. The quantitative estimate of drug-likeness (QED) is 0.401. The topological polar surface area (TPSA) is 69.6 Å². The van der Waals surface area contributed by atoms with E-state index in [0.717, 1.165) is 35.5 Å². The summed E-state index contributed by atoms with van der Waals surface area (Å²) < 4.78 is 14.0. The molecule has 1 atom stereocenters. The van der Waals surface area contributed by atoms with Gasteiger partial charge in [-0.1, -0.05) is 74.5 Å². The van der Waals surface area contributed by atoms with Crippen LogP contribution in [0.3, 0.4) is 0 Å². The SMILES string of the molecule is CC(C(=O)O)c1ccc(-c2ccccc2)c(F)c1.CCN(CC)CC(=O)Nc1c(C)cccc1C. The summed E-state index contributed by atoms with van der Waals surface area (Å²) in [6.07, 6.45) is 0. The van der Waals surface area contributed by atoms with Gasteiger partial charge in [-0.05, 0) is 62.2 Å². The molecule has 0 aliphatic rings. The Morgan fingerprint density at radius 2 is 1.54 bits per heavy atom. The molecule has 186 valence electrons. The lowest BCUT2D eigenvalue weighted by atomic mass is 9.97. The molecule has 5 nitrogen and oxygen atoms in total. The highest BCUT2D eigenvalue weighted by Gasteiger charge is 2.16. The average molecular weight is 479 g/mol. The second kappa shape index (κ2) is 13.4. The maximum atomic E-state index is 14.0. The fourth-order valence-electron chi connectivity index (χ4n) is 3.64. The molecule has 2 N–H and O–H groups in total. The molecule has 0 aliphatic carbocycles. The van der Waals surface area contributed by atoms with Crippen molar-refractivity contribution in [1.82, 2.24) is 4.90 Å². The first-order chi connectivity index (χ1) is 16.7. The van der Waals surface area contributed by atoms with E-state index in [1.165, 1.54) is 6.07 Å². The minimum Gasteiger partial charge on any atom is -0.481 e. The zero-order valence-corrected chi connectivity index (χ0v) is 21.1. The first kappa shape index (κ1) is 27.7. The van der Waals surface area contributed by atoms with Crippen molar-refractivity contribution in [3.05, 3.63) is 89.2 Å². The third-order valence-corrected chi connectivity index (χ3v) is 5.96. The van der Waals surface area contributed by atoms with Gasteiger partial charge in [-0.2, -0.15) is 0 Å². The summed E-state index contributed by atoms with van der Waals surface area (Å²) >= 11 is 0. The number of rotatable bonds is 8. The van der Waals surface area contributed by atoms with E-state index in [1.807, 2.05) is 62.4 Å². The molecule has 0 fully saturated rings. The van der Waals surface area contributed by atoms with E-state index < -0.39 is 17.7 Å². The highest BCUT2D eigenvalue weighted by molar-refractivity contribution is 5.93. The Bertz CT molecular complexity index is 1110. The number of hydrogen-bond acceptors (Lipinski definition) is 3. The van der Waals surface area contributed by atoms with Crippen LogP contribution in [-0.4, -0.2) is 41.5 Å². The van der Waals surface area contributed by atoms with E-state index >= 15 is 0 Å². The van der Waals surface area contributed by atoms with Gasteiger partial charge < -0.3 is 10.4 Å². The lowest BCUT2D eigenvalue weighted by Gasteiger charge is -2.18. The molecular weight excluding hydrogens is 443 g/mol. The van der Waals surface area contributed by atoms with Crippen molar-refractivity contribution in [2.45, 2.75) is 40.5 Å². The van der Waals surface area contributed by atoms with Gasteiger partial charge in [0.2, 0.25) is 5.91 Å². The average Bonchev–Trinajstić information content (AvgIpc) is 2.85. The zero-order valence-electron chi connectivity index (χ0n) is 21.1. The van der Waals surface area contributed by atoms with E-state index in [-0.39, 0.29) is 5.91 Å². The van der Waals surface area contributed by atoms with E-state index in [4.69, 9.17) is 5.11 Å². The van der Waals surface area contributed by atoms with Crippen molar-refractivity contribution in [1.29, 1.82) is 0 Å². The zero-order chi connectivity index (χ0) is 26.0. The molecule has 0 saturated carbocycles. The van der Waals surface area contributed by atoms with Gasteiger partial charge in [0, 0.05) is 11.3 Å². The van der Waals surface area contributed by atoms with Crippen LogP contribution in [0.15, 0.2) is 66.7 Å². The predicted octanol–water partition coefficient (Wildman–Crippen LogP) is 6.26. The van der Waals surface area contributed by atoms with Gasteiger partial charge in [-0.25, -0.2) is 4.39 Å². The Kier molecular flexibility index (Phi) is 10.6. The monoisotopic (exact) mass is 478 g/mol. The first-order valence-electron chi connectivity index (χ1n) is 11.8. The van der Waals surface area contributed by atoms with Crippen molar-refractivity contribution < 1.29 is 19.1 Å². The van der Waals surface area contributed by atoms with Crippen molar-refractivity contribution >= 4 is 17.6 Å². The second-order valence-corrected chi connectivity index (χ2v) is 8.44. The first-order valence-corrected chi connectivity index (χ1v) is 11.8. The van der Waals surface area contributed by atoms with Gasteiger partial charge in [-0.3, -0.25) is 14.5 Å². The fourth-order valence-corrected chi connectivity index (χ4v) is 3.64. The fraction of sp³-hybridized carbons (Fsp3) is 0.310. The van der Waals surface area contributed by atoms with E-state index in [9.17, 15) is 14.0 Å². The van der Waals surface area contributed by atoms with Crippen LogP contribution in [0, 0.1) is 19.7 Å². The summed E-state index contributed by atoms with van der Waals surface area (Å²) in [6.45, 7) is 12.0. The summed E-state index contributed by atoms with van der Waals surface area (Å²) in [6, 6.07) is 19.8. The summed E-state index contributed by atoms with van der Waals surface area (Å²) in [7, 11) is 0. The third-order valence-electron chi connectivity index (χ3n) is 5.96. The lowest BCUT2D eigenvalue weighted by molar-refractivity contribution is -0.138. The van der Waals surface area contributed by atoms with Crippen LogP contribution in [0.1, 0.15) is 43.4 Å². The Morgan fingerprint density at radius 1 is 0.943 bits per heavy atom. The van der Waals surface area contributed by atoms with E-state index in [2.05, 4.69) is 24.1 Å². The van der Waals surface area contributed by atoms with Crippen LogP contribution in [-0.2, 0) is 9.59 Å². The summed E-state index contributed by atoms with van der Waals surface area (Å²) in [5.74, 6) is -2.00. The summed E-state index contributed by atoms with van der Waals surface area (Å²) in [5, 5.41) is 11.9. The Labute approximate surface area is 207 Å². The minimum atomic E-state index is -0.957. The molecule has 3 aromatic carbocycles. The maximum absolute atomic E-state index is 14.0. The number of halogens is 1. The van der Waals surface area contributed by atoms with Gasteiger partial charge in [-0.15, -0.1) is 0 Å². The van der Waals surface area contributed by atoms with Gasteiger partial charge >= 0.3 is 5.97 Å². The molecule has 0 bridgehead atoms. The van der Waals surface area contributed by atoms with Gasteiger partial charge in [0.25, 0.3) is 0 Å². The van der Waals surface area contributed by atoms with Crippen molar-refractivity contribution in [3.63, 3.8) is 0 Å². The van der Waals surface area contributed by atoms with Gasteiger partial charge in [0.1, 0.15) is 5.82 Å². The van der Waals surface area contributed by atoms with Crippen LogP contribution in [0.2, 0.25) is 0 Å². The molecule has 1 amide bonds. The van der Waals surface area contributed by atoms with Crippen molar-refractivity contribution in [3.8, 4) is 11.1 Å². The number of para-hydroxylation sites is 1. The molecule has 6 heteroatoms. The normalized spacial score (nSPS) is 11.4. The molecule has 0 heterocycles. The van der Waals surface area contributed by atoms with Crippen LogP contribution in [0.25, 0.3) is 11.1 Å². The number of benzene rings is 3. The second-order valence-electron chi connectivity index (χ2n) is 8.44. The largest absolute Gasteiger partial charge is 0.481 e. The number of carbonyl (C=O) groups is 2. The molecule has 0 radical (unpaired) electrons. The van der Waals surface area contributed by atoms with Crippen LogP contribution in [0.4, 0.5) is 10.1 Å². The highest BCUT2D eigenvalue weighted by atomic mass is 19.1. The lowest BCUT2D eigenvalue weighted by Crippen LogP contribution is -2.33. The molecular formula is C29H35FN2O3. The smallest absolute Gasteiger partial charge is 0.310 e. The summed E-state index contributed by atoms with van der Waals surface area (Å²) in [5.41, 5.74) is 4.90. The number of carboxylic acid groups (broad SMARTS) is 1. The predicted molar refractivity (Wildman–Crippen MR) is 140 cm³/mol. The number of carboxylic acids is 1. The number of nitrogens with zero attached hydrogens (tertiary/aromatic N) is 1. The van der Waals surface area contributed by atoms with E-state index in [0.29, 0.717) is 17.7 Å². The van der Waals surface area contributed by atoms with Crippen molar-refractivity contribution in [2.75, 3.05) is 25.0 Å². The molecule has 3 rings (SSSR count). The Hall–Kier alpha value is -3.51. The van der Waals surface area contributed by atoms with E-state index in [1.54, 1.807) is 19.1 Å². The Balaban J connectivity index is 0.000000247. The van der Waals surface area contributed by atoms with Crippen LogP contribution >= 0.6 is 0 Å². The van der Waals surface area contributed by atoms with Crippen LogP contribution in [0.5, 0.6) is 0 Å². The van der Waals surface area contributed by atoms with Crippen LogP contribution < -0.4 is 5.32 Å². The molecule has 1 unspecified atom stereocenters. The molecule has 0 saturated heterocycles. The summed E-state index contributed by atoms with van der Waals surface area (Å²) in [4.78, 5) is 24.8. The number of aliphatic carboxylic acids is 1. The number of hydrogen-bond donors (Lipinski definition) is 2. The number of carbonyl (C=O) groups excluding carboxylic acids is 1. The van der Waals surface area contributed by atoms with Gasteiger partial charge in [0.15, 0.2) is 0 Å². The number of anilines is 1. The molecule has 0 spiro atoms. The maximum Gasteiger partial charge on any atom is 0.310 e. The number of likely N-dealkylation sites (N-methyl/N-ethyl adjacent to an activating group) is 1. The third kappa shape index (κ3) is 8.04. The molecule has 35 heavy (non-hydrogen) atoms. The molecule has 0 aliphatic heterocycles. The molecule has 3 aromatic rings. The Morgan fingerprint density at radius 3 is 2.06 bits per heavy atom. The molecule has 0 aromatic heterocycles. The van der Waals surface area contributed by atoms with Crippen molar-refractivity contribution in [2.24, 2.45) is 0 Å². The number of aryl methyl sites for hydroxylation is 2. The standard InChI is InChI=1S/C15H13FO2.C14H22N2O/c1-10(15(17)18)12-7-8-13(14(16)9-12)11-5-3-2-4-6-11;1-5-16(6-2)10-13(17)15-14-11(3)8-7-9-12(14)4/h2-10H,1H3,(H,17,18);7-9H,5-6,10H2,1-4H3,(H,15,17). The number of nitrogens with one attached hydrogen (secondary N) is 1. The van der Waals surface area contributed by atoms with Gasteiger partial charge in [0.05, 0.1) is 12.5 Å². The highest BCUT2D eigenvalue weighted by Crippen LogP contribution is 2.26.